The molecule has 166 valence electrons. The summed E-state index contributed by atoms with van der Waals surface area (Å²) in [5.41, 5.74) is 0.256. The van der Waals surface area contributed by atoms with Crippen LogP contribution in [0.2, 0.25) is 0 Å². The molecule has 1 aromatic rings. The molecule has 9 heteroatoms. The summed E-state index contributed by atoms with van der Waals surface area (Å²) >= 11 is 0. The number of hydrogen-bond donors (Lipinski definition) is 1. The van der Waals surface area contributed by atoms with Crippen LogP contribution in [0.3, 0.4) is 0 Å². The minimum Gasteiger partial charge on any atom is -0.496 e. The number of ether oxygens (including phenoxy) is 1. The summed E-state index contributed by atoms with van der Waals surface area (Å²) in [5, 5.41) is 2.89. The van der Waals surface area contributed by atoms with Gasteiger partial charge < -0.3 is 15.0 Å². The lowest BCUT2D eigenvalue weighted by Gasteiger charge is -2.32. The molecule has 0 radical (unpaired) electrons. The zero-order valence-electron chi connectivity index (χ0n) is 17.7. The Morgan fingerprint density at radius 2 is 1.67 bits per heavy atom. The van der Waals surface area contributed by atoms with Crippen molar-refractivity contribution in [1.29, 1.82) is 0 Å². The first-order chi connectivity index (χ1) is 14.3. The van der Waals surface area contributed by atoms with E-state index < -0.39 is 10.0 Å². The van der Waals surface area contributed by atoms with E-state index in [2.05, 4.69) is 5.32 Å². The van der Waals surface area contributed by atoms with Crippen LogP contribution in [0.15, 0.2) is 23.1 Å². The monoisotopic (exact) mass is 437 g/mol. The number of hydrogen-bond acceptors (Lipinski definition) is 5. The second-order valence-corrected chi connectivity index (χ2v) is 9.89. The van der Waals surface area contributed by atoms with Crippen molar-refractivity contribution in [3.63, 3.8) is 0 Å². The minimum absolute atomic E-state index is 0.0585. The van der Waals surface area contributed by atoms with Gasteiger partial charge in [0, 0.05) is 39.1 Å². The average Bonchev–Trinajstić information content (AvgIpc) is 3.03. The zero-order valence-corrected chi connectivity index (χ0v) is 18.5. The average molecular weight is 438 g/mol. The maximum atomic E-state index is 13.2. The minimum atomic E-state index is -3.66. The maximum Gasteiger partial charge on any atom is 0.257 e. The summed E-state index contributed by atoms with van der Waals surface area (Å²) in [7, 11) is -2.19. The summed E-state index contributed by atoms with van der Waals surface area (Å²) in [6.45, 7) is 3.49. The van der Waals surface area contributed by atoms with Gasteiger partial charge in [-0.05, 0) is 43.9 Å². The Kier molecular flexibility index (Phi) is 7.36. The Labute approximate surface area is 178 Å². The molecule has 0 bridgehead atoms. The van der Waals surface area contributed by atoms with Crippen molar-refractivity contribution in [3.05, 3.63) is 23.8 Å². The first kappa shape index (κ1) is 22.6. The Hall–Kier alpha value is -2.13. The highest BCUT2D eigenvalue weighted by Crippen LogP contribution is 2.28. The largest absolute Gasteiger partial charge is 0.496 e. The highest BCUT2D eigenvalue weighted by molar-refractivity contribution is 7.89. The predicted molar refractivity (Wildman–Crippen MR) is 113 cm³/mol. The van der Waals surface area contributed by atoms with Crippen molar-refractivity contribution < 1.29 is 22.7 Å². The molecular weight excluding hydrogens is 406 g/mol. The van der Waals surface area contributed by atoms with Gasteiger partial charge in [-0.2, -0.15) is 4.31 Å². The van der Waals surface area contributed by atoms with Crippen LogP contribution in [0.5, 0.6) is 5.75 Å². The molecule has 2 saturated heterocycles. The molecule has 30 heavy (non-hydrogen) atoms. The Morgan fingerprint density at radius 1 is 1.03 bits per heavy atom. The lowest BCUT2D eigenvalue weighted by molar-refractivity contribution is -0.119. The number of carbonyl (C=O) groups excluding carboxylic acids is 2. The predicted octanol–water partition coefficient (Wildman–Crippen LogP) is 2.00. The number of methoxy groups -OCH3 is 1. The van der Waals surface area contributed by atoms with E-state index in [1.54, 1.807) is 11.0 Å². The molecule has 2 fully saturated rings. The number of likely N-dealkylation sites (tertiary alicyclic amines) is 1. The molecule has 0 spiro atoms. The topological polar surface area (TPSA) is 96.0 Å². The molecule has 0 saturated carbocycles. The van der Waals surface area contributed by atoms with Gasteiger partial charge in [-0.25, -0.2) is 8.42 Å². The normalized spacial score (nSPS) is 19.2. The molecule has 2 aliphatic heterocycles. The molecule has 1 aromatic carbocycles. The van der Waals surface area contributed by atoms with Crippen molar-refractivity contribution in [1.82, 2.24) is 14.5 Å². The van der Waals surface area contributed by atoms with Gasteiger partial charge in [0.25, 0.3) is 5.91 Å². The quantitative estimate of drug-likeness (QED) is 0.760. The highest BCUT2D eigenvalue weighted by atomic mass is 32.2. The summed E-state index contributed by atoms with van der Waals surface area (Å²) in [5.74, 6) is 0.0349. The Morgan fingerprint density at radius 3 is 2.23 bits per heavy atom. The van der Waals surface area contributed by atoms with Gasteiger partial charge in [0.1, 0.15) is 5.75 Å². The number of nitrogens with zero attached hydrogens (tertiary/aromatic N) is 2. The molecule has 2 heterocycles. The van der Waals surface area contributed by atoms with Crippen LogP contribution in [0.25, 0.3) is 0 Å². The molecule has 3 rings (SSSR count). The van der Waals surface area contributed by atoms with Crippen LogP contribution in [0.4, 0.5) is 0 Å². The van der Waals surface area contributed by atoms with Gasteiger partial charge in [-0.1, -0.05) is 12.8 Å². The number of rotatable bonds is 5. The molecular formula is C21H31N3O5S. The molecule has 8 nitrogen and oxygen atoms in total. The summed E-state index contributed by atoms with van der Waals surface area (Å²) < 4.78 is 33.2. The fraction of sp³-hybridized carbons (Fsp3) is 0.619. The lowest BCUT2D eigenvalue weighted by Crippen LogP contribution is -2.46. The van der Waals surface area contributed by atoms with Crippen molar-refractivity contribution >= 4 is 21.8 Å². The third kappa shape index (κ3) is 5.13. The van der Waals surface area contributed by atoms with E-state index in [-0.39, 0.29) is 28.3 Å². The molecule has 2 amide bonds. The van der Waals surface area contributed by atoms with E-state index in [9.17, 15) is 18.0 Å². The van der Waals surface area contributed by atoms with E-state index >= 15 is 0 Å². The van der Waals surface area contributed by atoms with Crippen molar-refractivity contribution in [2.24, 2.45) is 0 Å². The summed E-state index contributed by atoms with van der Waals surface area (Å²) in [4.78, 5) is 26.2. The molecule has 0 atom stereocenters. The number of piperidine rings is 1. The van der Waals surface area contributed by atoms with Gasteiger partial charge in [0.2, 0.25) is 15.9 Å². The lowest BCUT2D eigenvalue weighted by atomic mass is 10.0. The summed E-state index contributed by atoms with van der Waals surface area (Å²) in [6, 6.07) is 4.57. The number of amides is 2. The molecule has 2 aliphatic rings. The molecule has 0 unspecified atom stereocenters. The zero-order chi connectivity index (χ0) is 21.7. The van der Waals surface area contributed by atoms with Crippen LogP contribution in [-0.4, -0.2) is 68.8 Å². The molecule has 0 aliphatic carbocycles. The van der Waals surface area contributed by atoms with Crippen molar-refractivity contribution in [2.45, 2.75) is 56.4 Å². The third-order valence-electron chi connectivity index (χ3n) is 5.79. The van der Waals surface area contributed by atoms with Gasteiger partial charge in [0.15, 0.2) is 0 Å². The number of nitrogens with one attached hydrogen (secondary N) is 1. The van der Waals surface area contributed by atoms with Crippen molar-refractivity contribution in [3.8, 4) is 5.75 Å². The smallest absolute Gasteiger partial charge is 0.257 e. The molecule has 0 aromatic heterocycles. The van der Waals surface area contributed by atoms with E-state index in [1.165, 1.54) is 30.5 Å². The number of sulfonamides is 1. The van der Waals surface area contributed by atoms with Gasteiger partial charge in [-0.3, -0.25) is 9.59 Å². The van der Waals surface area contributed by atoms with Crippen LogP contribution in [0.1, 0.15) is 55.8 Å². The second-order valence-electron chi connectivity index (χ2n) is 7.95. The van der Waals surface area contributed by atoms with Crippen LogP contribution < -0.4 is 10.1 Å². The maximum absolute atomic E-state index is 13.2. The van der Waals surface area contributed by atoms with Gasteiger partial charge >= 0.3 is 0 Å². The van der Waals surface area contributed by atoms with E-state index in [0.29, 0.717) is 44.8 Å². The standard InChI is InChI=1S/C21H31N3O5S/c1-16(25)22-17-9-13-23(14-10-17)21(26)19-15-18(7-8-20(19)29-2)30(27,28)24-11-5-3-4-6-12-24/h7-8,15,17H,3-6,9-14H2,1-2H3,(H,22,25). The van der Waals surface area contributed by atoms with Crippen LogP contribution in [0, 0.1) is 0 Å². The van der Waals surface area contributed by atoms with Crippen molar-refractivity contribution in [2.75, 3.05) is 33.3 Å². The summed E-state index contributed by atoms with van der Waals surface area (Å²) in [6.07, 6.45) is 5.10. The fourth-order valence-corrected chi connectivity index (χ4v) is 5.67. The fourth-order valence-electron chi connectivity index (χ4n) is 4.13. The van der Waals surface area contributed by atoms with E-state index in [1.807, 2.05) is 0 Å². The first-order valence-electron chi connectivity index (χ1n) is 10.6. The first-order valence-corrected chi connectivity index (χ1v) is 12.0. The van der Waals surface area contributed by atoms with Gasteiger partial charge in [0.05, 0.1) is 17.6 Å². The Balaban J connectivity index is 1.81. The van der Waals surface area contributed by atoms with E-state index in [4.69, 9.17) is 4.74 Å². The number of benzene rings is 1. The third-order valence-corrected chi connectivity index (χ3v) is 7.69. The Bertz CT molecular complexity index is 871. The number of carbonyl (C=O) groups is 2. The van der Waals surface area contributed by atoms with Gasteiger partial charge in [-0.15, -0.1) is 0 Å². The SMILES string of the molecule is COc1ccc(S(=O)(=O)N2CCCCCC2)cc1C(=O)N1CCC(NC(C)=O)CC1. The second kappa shape index (κ2) is 9.78. The van der Waals surface area contributed by atoms with E-state index in [0.717, 1.165) is 25.7 Å². The highest BCUT2D eigenvalue weighted by Gasteiger charge is 2.30. The van der Waals surface area contributed by atoms with Crippen LogP contribution >= 0.6 is 0 Å². The molecule has 1 N–H and O–H groups in total. The van der Waals surface area contributed by atoms with Crippen LogP contribution in [-0.2, 0) is 14.8 Å².